The maximum absolute atomic E-state index is 13.5. The maximum Gasteiger partial charge on any atom is 0.258 e. The highest BCUT2D eigenvalue weighted by molar-refractivity contribution is 5.18. The number of piperidine rings is 1. The zero-order valence-corrected chi connectivity index (χ0v) is 9.12. The molecule has 1 aromatic rings. The smallest absolute Gasteiger partial charge is 0.258 e. The van der Waals surface area contributed by atoms with E-state index >= 15 is 0 Å². The van der Waals surface area contributed by atoms with Crippen LogP contribution in [0, 0.1) is 11.3 Å². The summed E-state index contributed by atoms with van der Waals surface area (Å²) in [6.07, 6.45) is 2.08. The van der Waals surface area contributed by atoms with Gasteiger partial charge in [0.15, 0.2) is 0 Å². The molecule has 2 aliphatic rings. The molecule has 1 aliphatic heterocycles. The van der Waals surface area contributed by atoms with Crippen LogP contribution in [0.1, 0.15) is 19.0 Å². The third kappa shape index (κ3) is 1.24. The van der Waals surface area contributed by atoms with Crippen LogP contribution in [0.15, 0.2) is 16.9 Å². The predicted octanol–water partition coefficient (Wildman–Crippen LogP) is 2.15. The number of alkyl halides is 2. The van der Waals surface area contributed by atoms with Gasteiger partial charge in [-0.3, -0.25) is 4.90 Å². The van der Waals surface area contributed by atoms with Crippen LogP contribution >= 0.6 is 0 Å². The Morgan fingerprint density at radius 2 is 2.44 bits per heavy atom. The Morgan fingerprint density at radius 3 is 3.06 bits per heavy atom. The maximum atomic E-state index is 13.5. The number of hydrogen-bond donors (Lipinski definition) is 0. The van der Waals surface area contributed by atoms with Crippen molar-refractivity contribution in [3.8, 4) is 0 Å². The number of halogens is 2. The summed E-state index contributed by atoms with van der Waals surface area (Å²) in [7, 11) is 0. The quantitative estimate of drug-likeness (QED) is 0.776. The Morgan fingerprint density at radius 1 is 1.62 bits per heavy atom. The summed E-state index contributed by atoms with van der Waals surface area (Å²) in [5, 5.41) is 3.80. The van der Waals surface area contributed by atoms with Gasteiger partial charge in [0, 0.05) is 30.5 Å². The summed E-state index contributed by atoms with van der Waals surface area (Å²) >= 11 is 0. The highest BCUT2D eigenvalue weighted by Crippen LogP contribution is 2.69. The monoisotopic (exact) mass is 228 g/mol. The standard InChI is InChI=1S/C11H14F2N2O/c1-10-3-4-15(6-8-2-5-16-14-8)7-9(10)11(10,12)13/h2,5,9H,3-4,6-7H2,1H3. The van der Waals surface area contributed by atoms with Crippen LogP contribution in [0.25, 0.3) is 0 Å². The number of aromatic nitrogens is 1. The molecule has 2 atom stereocenters. The van der Waals surface area contributed by atoms with Gasteiger partial charge in [-0.05, 0) is 13.0 Å². The molecule has 2 unspecified atom stereocenters. The molecule has 2 heterocycles. The first kappa shape index (κ1) is 10.2. The van der Waals surface area contributed by atoms with Crippen LogP contribution in [0.5, 0.6) is 0 Å². The van der Waals surface area contributed by atoms with Crippen molar-refractivity contribution in [2.24, 2.45) is 11.3 Å². The molecule has 0 amide bonds. The molecule has 5 heteroatoms. The number of likely N-dealkylation sites (tertiary alicyclic amines) is 1. The minimum atomic E-state index is -2.47. The van der Waals surface area contributed by atoms with Crippen LogP contribution < -0.4 is 0 Å². The van der Waals surface area contributed by atoms with E-state index in [0.717, 1.165) is 12.2 Å². The Hall–Kier alpha value is -0.970. The zero-order chi connectivity index (χ0) is 11.4. The van der Waals surface area contributed by atoms with Crippen molar-refractivity contribution in [1.82, 2.24) is 10.1 Å². The fourth-order valence-corrected chi connectivity index (χ4v) is 2.76. The molecule has 1 saturated heterocycles. The van der Waals surface area contributed by atoms with Crippen LogP contribution in [0.3, 0.4) is 0 Å². The van der Waals surface area contributed by atoms with E-state index in [9.17, 15) is 8.78 Å². The highest BCUT2D eigenvalue weighted by Gasteiger charge is 2.78. The van der Waals surface area contributed by atoms with E-state index in [0.29, 0.717) is 19.5 Å². The molecule has 3 nitrogen and oxygen atoms in total. The number of fused-ring (bicyclic) bond motifs is 1. The Bertz CT molecular complexity index is 393. The van der Waals surface area contributed by atoms with E-state index in [-0.39, 0.29) is 0 Å². The Balaban J connectivity index is 1.66. The average Bonchev–Trinajstić information content (AvgIpc) is 2.63. The lowest BCUT2D eigenvalue weighted by atomic mass is 9.97. The van der Waals surface area contributed by atoms with E-state index < -0.39 is 17.3 Å². The zero-order valence-electron chi connectivity index (χ0n) is 9.12. The van der Waals surface area contributed by atoms with Gasteiger partial charge in [0.1, 0.15) is 6.26 Å². The van der Waals surface area contributed by atoms with Gasteiger partial charge in [0.05, 0.1) is 5.69 Å². The van der Waals surface area contributed by atoms with Crippen LogP contribution in [-0.4, -0.2) is 29.1 Å². The van der Waals surface area contributed by atoms with Crippen LogP contribution in [0.2, 0.25) is 0 Å². The van der Waals surface area contributed by atoms with Gasteiger partial charge in [0.2, 0.25) is 0 Å². The lowest BCUT2D eigenvalue weighted by molar-refractivity contribution is 0.0636. The van der Waals surface area contributed by atoms with Gasteiger partial charge in [0.25, 0.3) is 5.92 Å². The van der Waals surface area contributed by atoms with Crippen molar-refractivity contribution >= 4 is 0 Å². The molecular weight excluding hydrogens is 214 g/mol. The molecule has 1 aromatic heterocycles. The second-order valence-corrected chi connectivity index (χ2v) is 5.07. The summed E-state index contributed by atoms with van der Waals surface area (Å²) in [5.74, 6) is -2.94. The first-order valence-electron chi connectivity index (χ1n) is 5.53. The molecule has 0 spiro atoms. The number of rotatable bonds is 2. The van der Waals surface area contributed by atoms with Crippen molar-refractivity contribution in [2.45, 2.75) is 25.8 Å². The molecular formula is C11H14F2N2O. The molecule has 0 bridgehead atoms. The second kappa shape index (κ2) is 3.03. The molecule has 0 N–H and O–H groups in total. The molecule has 2 fully saturated rings. The lowest BCUT2D eigenvalue weighted by Gasteiger charge is -2.27. The number of hydrogen-bond acceptors (Lipinski definition) is 3. The molecule has 0 aromatic carbocycles. The van der Waals surface area contributed by atoms with Crippen molar-refractivity contribution in [3.63, 3.8) is 0 Å². The summed E-state index contributed by atoms with van der Waals surface area (Å²) in [6, 6.07) is 1.78. The van der Waals surface area contributed by atoms with Gasteiger partial charge < -0.3 is 4.52 Å². The van der Waals surface area contributed by atoms with E-state index in [1.807, 2.05) is 4.90 Å². The fourth-order valence-electron chi connectivity index (χ4n) is 2.76. The molecule has 16 heavy (non-hydrogen) atoms. The first-order chi connectivity index (χ1) is 7.54. The summed E-state index contributed by atoms with van der Waals surface area (Å²) in [5.41, 5.74) is 0.0698. The van der Waals surface area contributed by atoms with Gasteiger partial charge in [-0.25, -0.2) is 8.78 Å². The summed E-state index contributed by atoms with van der Waals surface area (Å²) in [4.78, 5) is 2.03. The first-order valence-corrected chi connectivity index (χ1v) is 5.53. The third-order valence-electron chi connectivity index (χ3n) is 4.15. The minimum absolute atomic E-state index is 0.469. The molecule has 1 saturated carbocycles. The van der Waals surface area contributed by atoms with Crippen molar-refractivity contribution in [1.29, 1.82) is 0 Å². The van der Waals surface area contributed by atoms with Crippen molar-refractivity contribution < 1.29 is 13.3 Å². The average molecular weight is 228 g/mol. The van der Waals surface area contributed by atoms with Gasteiger partial charge in [-0.1, -0.05) is 12.1 Å². The van der Waals surface area contributed by atoms with Gasteiger partial charge >= 0.3 is 0 Å². The van der Waals surface area contributed by atoms with Crippen molar-refractivity contribution in [2.75, 3.05) is 13.1 Å². The minimum Gasteiger partial charge on any atom is -0.364 e. The second-order valence-electron chi connectivity index (χ2n) is 5.07. The van der Waals surface area contributed by atoms with E-state index in [4.69, 9.17) is 4.52 Å². The number of nitrogens with zero attached hydrogens (tertiary/aromatic N) is 2. The Labute approximate surface area is 92.4 Å². The molecule has 88 valence electrons. The third-order valence-corrected chi connectivity index (χ3v) is 4.15. The fraction of sp³-hybridized carbons (Fsp3) is 0.727. The van der Waals surface area contributed by atoms with Gasteiger partial charge in [-0.2, -0.15) is 0 Å². The van der Waals surface area contributed by atoms with Crippen LogP contribution in [0.4, 0.5) is 8.78 Å². The molecule has 0 radical (unpaired) electrons. The normalized spacial score (nSPS) is 37.1. The SMILES string of the molecule is CC12CCN(Cc3ccon3)CC1C2(F)F. The lowest BCUT2D eigenvalue weighted by Crippen LogP contribution is -2.33. The predicted molar refractivity (Wildman–Crippen MR) is 52.9 cm³/mol. The van der Waals surface area contributed by atoms with Gasteiger partial charge in [-0.15, -0.1) is 0 Å². The Kier molecular flexibility index (Phi) is 1.93. The molecule has 1 aliphatic carbocycles. The largest absolute Gasteiger partial charge is 0.364 e. The van der Waals surface area contributed by atoms with Crippen LogP contribution in [-0.2, 0) is 6.54 Å². The summed E-state index contributed by atoms with van der Waals surface area (Å²) in [6.45, 7) is 3.50. The topological polar surface area (TPSA) is 29.3 Å². The van der Waals surface area contributed by atoms with E-state index in [1.54, 1.807) is 13.0 Å². The van der Waals surface area contributed by atoms with Crippen molar-refractivity contribution in [3.05, 3.63) is 18.0 Å². The van der Waals surface area contributed by atoms with E-state index in [1.165, 1.54) is 6.26 Å². The molecule has 3 rings (SSSR count). The van der Waals surface area contributed by atoms with E-state index in [2.05, 4.69) is 5.16 Å². The summed E-state index contributed by atoms with van der Waals surface area (Å²) < 4.78 is 31.7. The highest BCUT2D eigenvalue weighted by atomic mass is 19.3.